The van der Waals surface area contributed by atoms with Gasteiger partial charge in [-0.05, 0) is 24.6 Å². The molecule has 0 aliphatic heterocycles. The van der Waals surface area contributed by atoms with Crippen LogP contribution in [0.15, 0.2) is 18.2 Å². The Morgan fingerprint density at radius 1 is 1.54 bits per heavy atom. The van der Waals surface area contributed by atoms with Crippen molar-refractivity contribution in [3.8, 4) is 0 Å². The van der Waals surface area contributed by atoms with Gasteiger partial charge < -0.3 is 0 Å². The molecule has 0 radical (unpaired) electrons. The quantitative estimate of drug-likeness (QED) is 0.704. The number of nitrogens with one attached hydrogen (secondary N) is 1. The second kappa shape index (κ2) is 4.00. The van der Waals surface area contributed by atoms with E-state index >= 15 is 0 Å². The lowest BCUT2D eigenvalue weighted by Crippen LogP contribution is -2.21. The highest BCUT2D eigenvalue weighted by Crippen LogP contribution is 2.08. The second-order valence-corrected chi connectivity index (χ2v) is 2.60. The average molecular weight is 183 g/mol. The largest absolute Gasteiger partial charge is 0.277 e. The molecule has 1 N–H and O–H groups in total. The Morgan fingerprint density at radius 2 is 2.23 bits per heavy atom. The van der Waals surface area contributed by atoms with Crippen molar-refractivity contribution in [2.45, 2.75) is 6.92 Å². The third-order valence-electron chi connectivity index (χ3n) is 1.63. The number of amides is 1. The molecule has 0 aliphatic rings. The first-order valence-electron chi connectivity index (χ1n) is 3.74. The van der Waals surface area contributed by atoms with E-state index in [0.717, 1.165) is 0 Å². The fourth-order valence-corrected chi connectivity index (χ4v) is 0.886. The second-order valence-electron chi connectivity index (χ2n) is 2.60. The van der Waals surface area contributed by atoms with Crippen LogP contribution in [0.4, 0.5) is 4.39 Å². The maximum absolute atomic E-state index is 13.0. The molecular formula is C9H10FNO2. The molecule has 0 saturated heterocycles. The van der Waals surface area contributed by atoms with Crippen molar-refractivity contribution in [3.05, 3.63) is 35.1 Å². The van der Waals surface area contributed by atoms with Crippen LogP contribution in [0.25, 0.3) is 0 Å². The molecule has 0 heterocycles. The normalized spacial score (nSPS) is 9.77. The van der Waals surface area contributed by atoms with Crippen LogP contribution in [0.5, 0.6) is 0 Å². The molecule has 0 saturated carbocycles. The van der Waals surface area contributed by atoms with Crippen LogP contribution in [-0.4, -0.2) is 13.0 Å². The van der Waals surface area contributed by atoms with Crippen molar-refractivity contribution in [2.75, 3.05) is 7.11 Å². The molecule has 1 aromatic rings. The van der Waals surface area contributed by atoms with Crippen LogP contribution in [-0.2, 0) is 4.84 Å². The zero-order valence-electron chi connectivity index (χ0n) is 7.43. The fraction of sp³-hybridized carbons (Fsp3) is 0.222. The summed E-state index contributed by atoms with van der Waals surface area (Å²) in [6, 6.07) is 4.25. The molecule has 13 heavy (non-hydrogen) atoms. The van der Waals surface area contributed by atoms with Gasteiger partial charge in [0.1, 0.15) is 5.82 Å². The van der Waals surface area contributed by atoms with Crippen LogP contribution in [0.1, 0.15) is 15.9 Å². The van der Waals surface area contributed by atoms with E-state index in [4.69, 9.17) is 0 Å². The molecule has 0 aliphatic carbocycles. The highest BCUT2D eigenvalue weighted by molar-refractivity contribution is 5.93. The van der Waals surface area contributed by atoms with Crippen LogP contribution >= 0.6 is 0 Å². The van der Waals surface area contributed by atoms with Crippen molar-refractivity contribution < 1.29 is 14.0 Å². The lowest BCUT2D eigenvalue weighted by molar-refractivity contribution is 0.0537. The molecule has 3 nitrogen and oxygen atoms in total. The third-order valence-corrected chi connectivity index (χ3v) is 1.63. The summed E-state index contributed by atoms with van der Waals surface area (Å²) in [5.74, 6) is -0.856. The van der Waals surface area contributed by atoms with Gasteiger partial charge in [0.05, 0.1) is 7.11 Å². The van der Waals surface area contributed by atoms with Crippen molar-refractivity contribution in [1.82, 2.24) is 5.48 Å². The summed E-state index contributed by atoms with van der Waals surface area (Å²) in [5.41, 5.74) is 2.85. The van der Waals surface area contributed by atoms with E-state index in [1.54, 1.807) is 13.0 Å². The summed E-state index contributed by atoms with van der Waals surface area (Å²) in [6.45, 7) is 1.63. The molecule has 0 fully saturated rings. The summed E-state index contributed by atoms with van der Waals surface area (Å²) in [7, 11) is 1.32. The first kappa shape index (κ1) is 9.67. The number of carbonyl (C=O) groups is 1. The highest BCUT2D eigenvalue weighted by Gasteiger charge is 2.06. The molecule has 70 valence electrons. The molecule has 1 aromatic carbocycles. The predicted octanol–water partition coefficient (Wildman–Crippen LogP) is 1.43. The molecule has 1 rings (SSSR count). The lowest BCUT2D eigenvalue weighted by Gasteiger charge is -2.02. The number of carbonyl (C=O) groups excluding carboxylic acids is 1. The van der Waals surface area contributed by atoms with Crippen molar-refractivity contribution in [1.29, 1.82) is 0 Å². The number of hydrogen-bond donors (Lipinski definition) is 1. The van der Waals surface area contributed by atoms with Gasteiger partial charge >= 0.3 is 0 Å². The average Bonchev–Trinajstić information content (AvgIpc) is 2.10. The van der Waals surface area contributed by atoms with E-state index in [0.29, 0.717) is 5.56 Å². The van der Waals surface area contributed by atoms with E-state index in [1.165, 1.54) is 19.2 Å². The predicted molar refractivity (Wildman–Crippen MR) is 45.6 cm³/mol. The molecule has 0 aromatic heterocycles. The van der Waals surface area contributed by atoms with Gasteiger partial charge in [0.15, 0.2) is 0 Å². The third kappa shape index (κ3) is 2.26. The first-order chi connectivity index (χ1) is 6.15. The summed E-state index contributed by atoms with van der Waals surface area (Å²) in [5, 5.41) is 0. The standard InChI is InChI=1S/C9H10FNO2/c1-6-3-4-7(5-8(6)10)9(12)11-13-2/h3-5H,1-2H3,(H,11,12). The smallest absolute Gasteiger partial charge is 0.274 e. The van der Waals surface area contributed by atoms with Gasteiger partial charge in [-0.3, -0.25) is 9.63 Å². The van der Waals surface area contributed by atoms with Gasteiger partial charge in [-0.2, -0.15) is 0 Å². The Morgan fingerprint density at radius 3 is 2.77 bits per heavy atom. The minimum Gasteiger partial charge on any atom is -0.277 e. The molecule has 1 amide bonds. The van der Waals surface area contributed by atoms with E-state index < -0.39 is 11.7 Å². The topological polar surface area (TPSA) is 38.3 Å². The molecule has 0 unspecified atom stereocenters. The van der Waals surface area contributed by atoms with Crippen molar-refractivity contribution in [2.24, 2.45) is 0 Å². The van der Waals surface area contributed by atoms with E-state index in [9.17, 15) is 9.18 Å². The van der Waals surface area contributed by atoms with Crippen LogP contribution < -0.4 is 5.48 Å². The van der Waals surface area contributed by atoms with Crippen LogP contribution in [0, 0.1) is 12.7 Å². The van der Waals surface area contributed by atoms with Gasteiger partial charge in [-0.1, -0.05) is 6.07 Å². The van der Waals surface area contributed by atoms with Crippen molar-refractivity contribution >= 4 is 5.91 Å². The monoisotopic (exact) mass is 183 g/mol. The summed E-state index contributed by atoms with van der Waals surface area (Å²) >= 11 is 0. The molecule has 0 bridgehead atoms. The number of halogens is 1. The van der Waals surface area contributed by atoms with E-state index in [2.05, 4.69) is 10.3 Å². The minimum atomic E-state index is -0.457. The zero-order chi connectivity index (χ0) is 9.84. The fourth-order valence-electron chi connectivity index (χ4n) is 0.886. The van der Waals surface area contributed by atoms with Gasteiger partial charge in [-0.25, -0.2) is 9.87 Å². The van der Waals surface area contributed by atoms with Gasteiger partial charge in [0.25, 0.3) is 5.91 Å². The maximum Gasteiger partial charge on any atom is 0.274 e. The number of hydrogen-bond acceptors (Lipinski definition) is 2. The Hall–Kier alpha value is -1.42. The van der Waals surface area contributed by atoms with Gasteiger partial charge in [0, 0.05) is 5.56 Å². The Labute approximate surface area is 75.5 Å². The summed E-state index contributed by atoms with van der Waals surface area (Å²) in [4.78, 5) is 15.5. The molecule has 0 spiro atoms. The van der Waals surface area contributed by atoms with Crippen LogP contribution in [0.2, 0.25) is 0 Å². The van der Waals surface area contributed by atoms with E-state index in [-0.39, 0.29) is 5.56 Å². The van der Waals surface area contributed by atoms with Gasteiger partial charge in [-0.15, -0.1) is 0 Å². The Bertz CT molecular complexity index is 325. The number of benzene rings is 1. The highest BCUT2D eigenvalue weighted by atomic mass is 19.1. The minimum absolute atomic E-state index is 0.241. The number of aryl methyl sites for hydroxylation is 1. The van der Waals surface area contributed by atoms with Crippen molar-refractivity contribution in [3.63, 3.8) is 0 Å². The Kier molecular flexibility index (Phi) is 2.97. The number of hydroxylamine groups is 1. The summed E-state index contributed by atoms with van der Waals surface area (Å²) < 4.78 is 13.0. The van der Waals surface area contributed by atoms with E-state index in [1.807, 2.05) is 0 Å². The SMILES string of the molecule is CONC(=O)c1ccc(C)c(F)c1. The first-order valence-corrected chi connectivity index (χ1v) is 3.74. The molecule has 0 atom stereocenters. The molecular weight excluding hydrogens is 173 g/mol. The number of rotatable bonds is 2. The maximum atomic E-state index is 13.0. The van der Waals surface area contributed by atoms with Crippen LogP contribution in [0.3, 0.4) is 0 Å². The summed E-state index contributed by atoms with van der Waals surface area (Å²) in [6.07, 6.45) is 0. The lowest BCUT2D eigenvalue weighted by atomic mass is 10.1. The molecule has 4 heteroatoms. The van der Waals surface area contributed by atoms with Gasteiger partial charge in [0.2, 0.25) is 0 Å². The Balaban J connectivity index is 2.90. The zero-order valence-corrected chi connectivity index (χ0v) is 7.43.